The maximum atomic E-state index is 2.37. The van der Waals surface area contributed by atoms with Gasteiger partial charge in [0.25, 0.3) is 0 Å². The summed E-state index contributed by atoms with van der Waals surface area (Å²) in [6.07, 6.45) is 30.0. The molecule has 0 nitrogen and oxygen atoms in total. The third kappa shape index (κ3) is 19.5. The lowest BCUT2D eigenvalue weighted by Crippen LogP contribution is -1.81. The van der Waals surface area contributed by atoms with E-state index in [1.807, 2.05) is 0 Å². The summed E-state index contributed by atoms with van der Waals surface area (Å²) in [6.45, 7) is 4.54. The van der Waals surface area contributed by atoms with Crippen molar-refractivity contribution < 1.29 is 0 Å². The van der Waals surface area contributed by atoms with E-state index in [0.29, 0.717) is 0 Å². The zero-order valence-corrected chi connectivity index (χ0v) is 14.9. The second-order valence-corrected chi connectivity index (χ2v) is 6.29. The van der Waals surface area contributed by atoms with E-state index in [9.17, 15) is 0 Å². The van der Waals surface area contributed by atoms with Crippen molar-refractivity contribution in [3.8, 4) is 0 Å². The third-order valence-corrected chi connectivity index (χ3v) is 4.05. The molecule has 0 radical (unpaired) electrons. The van der Waals surface area contributed by atoms with Gasteiger partial charge in [0, 0.05) is 0 Å². The van der Waals surface area contributed by atoms with E-state index in [-0.39, 0.29) is 0 Å². The molecule has 0 saturated heterocycles. The molecule has 0 rings (SSSR count). The van der Waals surface area contributed by atoms with Crippen LogP contribution in [-0.4, -0.2) is 0 Å². The fraction of sp³-hybridized carbons (Fsp3) is 0.810. The van der Waals surface area contributed by atoms with Crippen molar-refractivity contribution in [2.45, 2.75) is 110 Å². The first-order valence-electron chi connectivity index (χ1n) is 9.71. The van der Waals surface area contributed by atoms with Crippen LogP contribution < -0.4 is 0 Å². The molecule has 0 aliphatic carbocycles. The Hall–Kier alpha value is -0.520. The fourth-order valence-corrected chi connectivity index (χ4v) is 2.58. The molecule has 0 aromatic carbocycles. The lowest BCUT2D eigenvalue weighted by atomic mass is 10.1. The zero-order chi connectivity index (χ0) is 15.4. The molecular weight excluding hydrogens is 252 g/mol. The van der Waals surface area contributed by atoms with Crippen LogP contribution in [0.4, 0.5) is 0 Å². The number of hydrogen-bond acceptors (Lipinski definition) is 0. The SMILES string of the molecule is CCCCC=CCC=CCCCCCCCCCCCC. The molecule has 0 aliphatic rings. The Morgan fingerprint density at radius 3 is 1.38 bits per heavy atom. The molecule has 0 bridgehead atoms. The first kappa shape index (κ1) is 20.5. The highest BCUT2D eigenvalue weighted by atomic mass is 14.0. The van der Waals surface area contributed by atoms with E-state index in [0.717, 1.165) is 6.42 Å². The maximum absolute atomic E-state index is 2.37. The Kier molecular flexibility index (Phi) is 19.0. The van der Waals surface area contributed by atoms with E-state index in [4.69, 9.17) is 0 Å². The summed E-state index contributed by atoms with van der Waals surface area (Å²) in [6, 6.07) is 0. The van der Waals surface area contributed by atoms with Crippen molar-refractivity contribution in [1.82, 2.24) is 0 Å². The molecule has 21 heavy (non-hydrogen) atoms. The summed E-state index contributed by atoms with van der Waals surface area (Å²) in [5, 5.41) is 0. The number of allylic oxidation sites excluding steroid dienone is 4. The zero-order valence-electron chi connectivity index (χ0n) is 14.9. The minimum Gasteiger partial charge on any atom is -0.0882 e. The van der Waals surface area contributed by atoms with Crippen LogP contribution in [0.25, 0.3) is 0 Å². The fourth-order valence-electron chi connectivity index (χ4n) is 2.58. The summed E-state index contributed by atoms with van der Waals surface area (Å²) in [5.74, 6) is 0. The normalized spacial score (nSPS) is 11.9. The van der Waals surface area contributed by atoms with Gasteiger partial charge in [-0.05, 0) is 25.7 Å². The van der Waals surface area contributed by atoms with Gasteiger partial charge in [-0.15, -0.1) is 0 Å². The van der Waals surface area contributed by atoms with E-state index in [1.54, 1.807) is 0 Å². The molecule has 0 heteroatoms. The van der Waals surface area contributed by atoms with Gasteiger partial charge in [0.1, 0.15) is 0 Å². The van der Waals surface area contributed by atoms with Crippen molar-refractivity contribution >= 4 is 0 Å². The standard InChI is InChI=1S/C21H40/c1-3-5-7-9-11-13-15-17-19-21-20-18-16-14-12-10-8-6-4-2/h9,11,15,17H,3-8,10,12-14,16,18-21H2,1-2H3. The molecule has 0 aliphatic heterocycles. The summed E-state index contributed by atoms with van der Waals surface area (Å²) in [4.78, 5) is 0. The van der Waals surface area contributed by atoms with E-state index in [1.165, 1.54) is 89.9 Å². The highest BCUT2D eigenvalue weighted by Crippen LogP contribution is 2.11. The van der Waals surface area contributed by atoms with Gasteiger partial charge in [-0.2, -0.15) is 0 Å². The molecule has 0 fully saturated rings. The number of unbranched alkanes of at least 4 members (excludes halogenated alkanes) is 12. The van der Waals surface area contributed by atoms with Crippen molar-refractivity contribution in [3.63, 3.8) is 0 Å². The van der Waals surface area contributed by atoms with Gasteiger partial charge in [0.15, 0.2) is 0 Å². The summed E-state index contributed by atoms with van der Waals surface area (Å²) < 4.78 is 0. The van der Waals surface area contributed by atoms with Crippen LogP contribution in [0.1, 0.15) is 110 Å². The molecule has 0 heterocycles. The molecule has 0 saturated carbocycles. The first-order chi connectivity index (χ1) is 10.4. The molecule has 0 unspecified atom stereocenters. The highest BCUT2D eigenvalue weighted by molar-refractivity contribution is 4.92. The third-order valence-electron chi connectivity index (χ3n) is 4.05. The molecule has 0 aromatic rings. The average molecular weight is 293 g/mol. The second-order valence-electron chi connectivity index (χ2n) is 6.29. The maximum Gasteiger partial charge on any atom is -0.0169 e. The second kappa shape index (κ2) is 19.5. The van der Waals surface area contributed by atoms with Crippen LogP contribution in [0, 0.1) is 0 Å². The van der Waals surface area contributed by atoms with Gasteiger partial charge in [-0.25, -0.2) is 0 Å². The molecule has 124 valence electrons. The predicted molar refractivity (Wildman–Crippen MR) is 98.9 cm³/mol. The molecular formula is C21H40. The van der Waals surface area contributed by atoms with Crippen LogP contribution in [0.2, 0.25) is 0 Å². The first-order valence-corrected chi connectivity index (χ1v) is 9.71. The van der Waals surface area contributed by atoms with Crippen molar-refractivity contribution in [1.29, 1.82) is 0 Å². The Morgan fingerprint density at radius 2 is 0.857 bits per heavy atom. The quantitative estimate of drug-likeness (QED) is 0.200. The minimum absolute atomic E-state index is 1.13. The molecule has 0 aromatic heterocycles. The van der Waals surface area contributed by atoms with E-state index in [2.05, 4.69) is 38.2 Å². The number of rotatable bonds is 16. The average Bonchev–Trinajstić information content (AvgIpc) is 2.50. The predicted octanol–water partition coefficient (Wildman–Crippen LogP) is 7.99. The minimum atomic E-state index is 1.13. The smallest absolute Gasteiger partial charge is 0.0169 e. The highest BCUT2D eigenvalue weighted by Gasteiger charge is 1.91. The van der Waals surface area contributed by atoms with Crippen LogP contribution in [0.15, 0.2) is 24.3 Å². The summed E-state index contributed by atoms with van der Waals surface area (Å²) >= 11 is 0. The van der Waals surface area contributed by atoms with E-state index < -0.39 is 0 Å². The van der Waals surface area contributed by atoms with Crippen molar-refractivity contribution in [3.05, 3.63) is 24.3 Å². The lowest BCUT2D eigenvalue weighted by molar-refractivity contribution is 0.557. The van der Waals surface area contributed by atoms with Gasteiger partial charge >= 0.3 is 0 Å². The van der Waals surface area contributed by atoms with Crippen LogP contribution in [0.5, 0.6) is 0 Å². The van der Waals surface area contributed by atoms with Crippen molar-refractivity contribution in [2.75, 3.05) is 0 Å². The Labute approximate surface area is 135 Å². The summed E-state index contributed by atoms with van der Waals surface area (Å²) in [7, 11) is 0. The topological polar surface area (TPSA) is 0 Å². The monoisotopic (exact) mass is 292 g/mol. The van der Waals surface area contributed by atoms with Crippen molar-refractivity contribution in [2.24, 2.45) is 0 Å². The lowest BCUT2D eigenvalue weighted by Gasteiger charge is -2.01. The van der Waals surface area contributed by atoms with Gasteiger partial charge in [0.2, 0.25) is 0 Å². The van der Waals surface area contributed by atoms with Crippen LogP contribution >= 0.6 is 0 Å². The Morgan fingerprint density at radius 1 is 0.429 bits per heavy atom. The van der Waals surface area contributed by atoms with Gasteiger partial charge in [-0.3, -0.25) is 0 Å². The molecule has 0 N–H and O–H groups in total. The molecule has 0 spiro atoms. The van der Waals surface area contributed by atoms with Gasteiger partial charge < -0.3 is 0 Å². The summed E-state index contributed by atoms with van der Waals surface area (Å²) in [5.41, 5.74) is 0. The Balaban J connectivity index is 3.09. The van der Waals surface area contributed by atoms with Crippen LogP contribution in [-0.2, 0) is 0 Å². The number of hydrogen-bond donors (Lipinski definition) is 0. The molecule has 0 atom stereocenters. The largest absolute Gasteiger partial charge is 0.0882 e. The molecule has 0 amide bonds. The van der Waals surface area contributed by atoms with Crippen LogP contribution in [0.3, 0.4) is 0 Å². The Bertz CT molecular complexity index is 224. The van der Waals surface area contributed by atoms with Gasteiger partial charge in [-0.1, -0.05) is 109 Å². The van der Waals surface area contributed by atoms with Gasteiger partial charge in [0.05, 0.1) is 0 Å². The van der Waals surface area contributed by atoms with E-state index >= 15 is 0 Å².